The van der Waals surface area contributed by atoms with Crippen molar-refractivity contribution in [2.75, 3.05) is 12.4 Å². The highest BCUT2D eigenvalue weighted by Gasteiger charge is 2.06. The van der Waals surface area contributed by atoms with E-state index in [0.717, 1.165) is 33.7 Å². The third kappa shape index (κ3) is 2.79. The molecule has 21 heavy (non-hydrogen) atoms. The summed E-state index contributed by atoms with van der Waals surface area (Å²) in [4.78, 5) is 4.51. The van der Waals surface area contributed by atoms with Crippen LogP contribution < -0.4 is 10.1 Å². The fourth-order valence-corrected chi connectivity index (χ4v) is 2.26. The van der Waals surface area contributed by atoms with Crippen molar-refractivity contribution in [1.82, 2.24) is 4.98 Å². The lowest BCUT2D eigenvalue weighted by atomic mass is 10.1. The maximum atomic E-state index is 13.0. The highest BCUT2D eigenvalue weighted by atomic mass is 19.1. The molecule has 3 aromatic rings. The fourth-order valence-electron chi connectivity index (χ4n) is 2.26. The number of nitrogens with zero attached hydrogens (tertiary/aromatic N) is 1. The zero-order valence-corrected chi connectivity index (χ0v) is 11.9. The number of fused-ring (bicyclic) bond motifs is 1. The number of hydrogen-bond acceptors (Lipinski definition) is 3. The van der Waals surface area contributed by atoms with Crippen molar-refractivity contribution in [2.24, 2.45) is 0 Å². The largest absolute Gasteiger partial charge is 0.497 e. The van der Waals surface area contributed by atoms with Gasteiger partial charge >= 0.3 is 0 Å². The second-order valence-electron chi connectivity index (χ2n) is 4.83. The molecule has 2 aromatic carbocycles. The minimum Gasteiger partial charge on any atom is -0.497 e. The highest BCUT2D eigenvalue weighted by Crippen LogP contribution is 2.29. The van der Waals surface area contributed by atoms with Crippen molar-refractivity contribution < 1.29 is 9.13 Å². The van der Waals surface area contributed by atoms with Gasteiger partial charge in [-0.25, -0.2) is 4.39 Å². The van der Waals surface area contributed by atoms with Crippen LogP contribution in [-0.4, -0.2) is 12.1 Å². The van der Waals surface area contributed by atoms with E-state index in [1.54, 1.807) is 19.2 Å². The molecule has 3 rings (SSSR count). The quantitative estimate of drug-likeness (QED) is 0.771. The molecule has 4 heteroatoms. The van der Waals surface area contributed by atoms with E-state index in [-0.39, 0.29) is 5.82 Å². The van der Waals surface area contributed by atoms with Crippen LogP contribution in [0.4, 0.5) is 15.8 Å². The molecule has 0 aliphatic rings. The van der Waals surface area contributed by atoms with Crippen LogP contribution in [0, 0.1) is 12.7 Å². The first-order chi connectivity index (χ1) is 10.2. The predicted molar refractivity (Wildman–Crippen MR) is 82.7 cm³/mol. The maximum Gasteiger partial charge on any atom is 0.123 e. The van der Waals surface area contributed by atoms with Crippen molar-refractivity contribution in [3.05, 3.63) is 60.0 Å². The Morgan fingerprint density at radius 3 is 2.52 bits per heavy atom. The van der Waals surface area contributed by atoms with Crippen molar-refractivity contribution in [2.45, 2.75) is 6.92 Å². The van der Waals surface area contributed by atoms with Gasteiger partial charge in [0.15, 0.2) is 0 Å². The number of aromatic nitrogens is 1. The molecule has 106 valence electrons. The molecular weight excluding hydrogens is 267 g/mol. The van der Waals surface area contributed by atoms with E-state index in [9.17, 15) is 4.39 Å². The van der Waals surface area contributed by atoms with E-state index >= 15 is 0 Å². The van der Waals surface area contributed by atoms with Crippen LogP contribution in [0.5, 0.6) is 5.75 Å². The maximum absolute atomic E-state index is 13.0. The molecule has 1 aromatic heterocycles. The Morgan fingerprint density at radius 2 is 1.81 bits per heavy atom. The smallest absolute Gasteiger partial charge is 0.123 e. The number of anilines is 2. The Morgan fingerprint density at radius 1 is 1.05 bits per heavy atom. The summed E-state index contributed by atoms with van der Waals surface area (Å²) in [5.74, 6) is 0.522. The van der Waals surface area contributed by atoms with Gasteiger partial charge in [-0.3, -0.25) is 4.98 Å². The molecule has 0 amide bonds. The summed E-state index contributed by atoms with van der Waals surface area (Å²) in [6.07, 6.45) is 0. The molecule has 0 saturated heterocycles. The number of nitrogens with one attached hydrogen (secondary N) is 1. The van der Waals surface area contributed by atoms with Crippen LogP contribution in [0.25, 0.3) is 10.9 Å². The third-order valence-corrected chi connectivity index (χ3v) is 3.27. The molecule has 0 unspecified atom stereocenters. The summed E-state index contributed by atoms with van der Waals surface area (Å²) >= 11 is 0. The molecule has 0 fully saturated rings. The van der Waals surface area contributed by atoms with Gasteiger partial charge in [0.25, 0.3) is 0 Å². The van der Waals surface area contributed by atoms with E-state index in [1.165, 1.54) is 12.1 Å². The van der Waals surface area contributed by atoms with E-state index in [2.05, 4.69) is 10.3 Å². The third-order valence-electron chi connectivity index (χ3n) is 3.27. The van der Waals surface area contributed by atoms with E-state index in [0.29, 0.717) is 0 Å². The molecule has 0 bridgehead atoms. The lowest BCUT2D eigenvalue weighted by molar-refractivity contribution is 0.415. The lowest BCUT2D eigenvalue weighted by Gasteiger charge is -2.12. The van der Waals surface area contributed by atoms with Gasteiger partial charge in [0.2, 0.25) is 0 Å². The van der Waals surface area contributed by atoms with E-state index in [1.807, 2.05) is 31.2 Å². The first kappa shape index (κ1) is 13.4. The number of benzene rings is 2. The minimum atomic E-state index is -0.252. The van der Waals surface area contributed by atoms with Crippen molar-refractivity contribution in [3.63, 3.8) is 0 Å². The summed E-state index contributed by atoms with van der Waals surface area (Å²) < 4.78 is 18.3. The average Bonchev–Trinajstić information content (AvgIpc) is 2.49. The number of methoxy groups -OCH3 is 1. The molecule has 0 aliphatic heterocycles. The topological polar surface area (TPSA) is 34.1 Å². The minimum absolute atomic E-state index is 0.252. The van der Waals surface area contributed by atoms with Crippen LogP contribution in [0.3, 0.4) is 0 Å². The second kappa shape index (κ2) is 5.40. The van der Waals surface area contributed by atoms with E-state index in [4.69, 9.17) is 4.74 Å². The average molecular weight is 282 g/mol. The molecule has 0 spiro atoms. The summed E-state index contributed by atoms with van der Waals surface area (Å²) in [7, 11) is 1.63. The Kier molecular flexibility index (Phi) is 3.44. The molecule has 0 atom stereocenters. The van der Waals surface area contributed by atoms with Crippen LogP contribution in [0.2, 0.25) is 0 Å². The number of pyridine rings is 1. The second-order valence-corrected chi connectivity index (χ2v) is 4.83. The van der Waals surface area contributed by atoms with Crippen molar-refractivity contribution in [1.29, 1.82) is 0 Å². The number of aryl methyl sites for hydroxylation is 1. The van der Waals surface area contributed by atoms with Gasteiger partial charge in [0.05, 0.1) is 12.6 Å². The molecule has 0 saturated carbocycles. The van der Waals surface area contributed by atoms with E-state index < -0.39 is 0 Å². The Bertz CT molecular complexity index is 785. The number of halogens is 1. The fraction of sp³-hybridized carbons (Fsp3) is 0.118. The summed E-state index contributed by atoms with van der Waals surface area (Å²) in [5, 5.41) is 4.27. The molecule has 0 aliphatic carbocycles. The van der Waals surface area contributed by atoms with Crippen LogP contribution in [-0.2, 0) is 0 Å². The Balaban J connectivity index is 2.09. The summed E-state index contributed by atoms with van der Waals surface area (Å²) in [6, 6.07) is 14.0. The zero-order valence-electron chi connectivity index (χ0n) is 11.9. The van der Waals surface area contributed by atoms with Crippen molar-refractivity contribution in [3.8, 4) is 5.75 Å². The molecular formula is C17H15FN2O. The van der Waals surface area contributed by atoms with Gasteiger partial charge in [0.1, 0.15) is 11.6 Å². The van der Waals surface area contributed by atoms with Gasteiger partial charge in [-0.15, -0.1) is 0 Å². The molecule has 0 radical (unpaired) electrons. The number of rotatable bonds is 3. The van der Waals surface area contributed by atoms with Gasteiger partial charge in [-0.05, 0) is 55.5 Å². The number of ether oxygens (including phenoxy) is 1. The van der Waals surface area contributed by atoms with Crippen LogP contribution in [0.1, 0.15) is 5.69 Å². The molecule has 1 heterocycles. The Labute approximate surface area is 122 Å². The van der Waals surface area contributed by atoms with Gasteiger partial charge in [-0.2, -0.15) is 0 Å². The SMILES string of the molecule is COc1ccc2nc(C)cc(Nc3ccc(F)cc3)c2c1. The van der Waals surface area contributed by atoms with Crippen molar-refractivity contribution >= 4 is 22.3 Å². The standard InChI is InChI=1S/C17H15FN2O/c1-11-9-17(20-13-5-3-12(18)4-6-13)15-10-14(21-2)7-8-16(15)19-11/h3-10H,1-2H3,(H,19,20). The number of hydrogen-bond donors (Lipinski definition) is 1. The lowest BCUT2D eigenvalue weighted by Crippen LogP contribution is -1.95. The van der Waals surface area contributed by atoms with Crippen LogP contribution in [0.15, 0.2) is 48.5 Å². The monoisotopic (exact) mass is 282 g/mol. The zero-order chi connectivity index (χ0) is 14.8. The van der Waals surface area contributed by atoms with Crippen LogP contribution >= 0.6 is 0 Å². The molecule has 1 N–H and O–H groups in total. The Hall–Kier alpha value is -2.62. The summed E-state index contributed by atoms with van der Waals surface area (Å²) in [5.41, 5.74) is 3.55. The summed E-state index contributed by atoms with van der Waals surface area (Å²) in [6.45, 7) is 1.94. The first-order valence-electron chi connectivity index (χ1n) is 6.64. The van der Waals surface area contributed by atoms with Gasteiger partial charge in [-0.1, -0.05) is 0 Å². The highest BCUT2D eigenvalue weighted by molar-refractivity contribution is 5.94. The first-order valence-corrected chi connectivity index (χ1v) is 6.64. The molecule has 3 nitrogen and oxygen atoms in total. The van der Waals surface area contributed by atoms with Gasteiger partial charge < -0.3 is 10.1 Å². The predicted octanol–water partition coefficient (Wildman–Crippen LogP) is 4.43. The normalized spacial score (nSPS) is 10.6. The van der Waals surface area contributed by atoms with Gasteiger partial charge in [0, 0.05) is 22.5 Å².